The zero-order valence-electron chi connectivity index (χ0n) is 11.3. The molecule has 0 fully saturated rings. The molecule has 0 atom stereocenters. The highest BCUT2D eigenvalue weighted by molar-refractivity contribution is 5.39. The fraction of sp³-hybridized carbons (Fsp3) is 0.500. The molecule has 0 saturated heterocycles. The first-order valence-corrected chi connectivity index (χ1v) is 6.03. The molecular formula is C10H13F3N8. The third-order valence-corrected chi connectivity index (χ3v) is 2.49. The summed E-state index contributed by atoms with van der Waals surface area (Å²) in [5, 5.41) is 6.53. The molecule has 0 unspecified atom stereocenters. The van der Waals surface area contributed by atoms with Crippen LogP contribution in [0.4, 0.5) is 25.1 Å². The van der Waals surface area contributed by atoms with Crippen molar-refractivity contribution in [1.29, 1.82) is 0 Å². The predicted octanol–water partition coefficient (Wildman–Crippen LogP) is 0.883. The lowest BCUT2D eigenvalue weighted by molar-refractivity contribution is -0.119. The molecule has 2 rings (SSSR count). The van der Waals surface area contributed by atoms with E-state index in [0.717, 1.165) is 4.90 Å². The average molecular weight is 302 g/mol. The van der Waals surface area contributed by atoms with Crippen molar-refractivity contribution < 1.29 is 13.2 Å². The minimum atomic E-state index is -4.35. The van der Waals surface area contributed by atoms with Gasteiger partial charge in [0.25, 0.3) is 5.95 Å². The maximum absolute atomic E-state index is 12.6. The van der Waals surface area contributed by atoms with Gasteiger partial charge in [0.15, 0.2) is 0 Å². The molecule has 0 spiro atoms. The summed E-state index contributed by atoms with van der Waals surface area (Å²) in [6.45, 7) is 0.542. The molecule has 2 aromatic heterocycles. The molecule has 0 aromatic carbocycles. The van der Waals surface area contributed by atoms with Crippen LogP contribution in [0.15, 0.2) is 12.7 Å². The zero-order valence-corrected chi connectivity index (χ0v) is 11.3. The Morgan fingerprint density at radius 1 is 1.29 bits per heavy atom. The quantitative estimate of drug-likeness (QED) is 0.877. The molecule has 21 heavy (non-hydrogen) atoms. The summed E-state index contributed by atoms with van der Waals surface area (Å²) < 4.78 is 39.0. The highest BCUT2D eigenvalue weighted by atomic mass is 19.4. The van der Waals surface area contributed by atoms with E-state index in [4.69, 9.17) is 0 Å². The molecule has 114 valence electrons. The topological polar surface area (TPSA) is 84.7 Å². The Hall–Kier alpha value is -2.46. The lowest BCUT2D eigenvalue weighted by atomic mass is 10.5. The summed E-state index contributed by atoms with van der Waals surface area (Å²) in [6.07, 6.45) is -1.73. The van der Waals surface area contributed by atoms with Crippen LogP contribution in [0.3, 0.4) is 0 Å². The van der Waals surface area contributed by atoms with Gasteiger partial charge in [-0.05, 0) is 6.92 Å². The minimum Gasteiger partial charge on any atom is -0.357 e. The molecule has 0 amide bonds. The van der Waals surface area contributed by atoms with Gasteiger partial charge < -0.3 is 10.2 Å². The van der Waals surface area contributed by atoms with Gasteiger partial charge in [-0.1, -0.05) is 0 Å². The van der Waals surface area contributed by atoms with E-state index in [-0.39, 0.29) is 24.4 Å². The number of rotatable bonds is 5. The number of anilines is 2. The van der Waals surface area contributed by atoms with Crippen LogP contribution in [0.5, 0.6) is 0 Å². The molecule has 0 radical (unpaired) electrons. The third-order valence-electron chi connectivity index (χ3n) is 2.49. The number of nitrogens with one attached hydrogen (secondary N) is 1. The molecule has 11 heteroatoms. The van der Waals surface area contributed by atoms with Crippen molar-refractivity contribution >= 4 is 11.9 Å². The first kappa shape index (κ1) is 14.9. The van der Waals surface area contributed by atoms with Crippen LogP contribution in [0.25, 0.3) is 5.95 Å². The summed E-state index contributed by atoms with van der Waals surface area (Å²) in [5.41, 5.74) is 0. The number of hydrogen-bond donors (Lipinski definition) is 1. The SMILES string of the molecule is CCN(CC(F)(F)F)c1nc(NC)nc(-n2cncn2)n1. The molecular weight excluding hydrogens is 289 g/mol. The second-order valence-electron chi connectivity index (χ2n) is 3.98. The maximum atomic E-state index is 12.6. The van der Waals surface area contributed by atoms with Gasteiger partial charge >= 0.3 is 6.18 Å². The van der Waals surface area contributed by atoms with E-state index in [1.807, 2.05) is 0 Å². The van der Waals surface area contributed by atoms with Crippen LogP contribution in [-0.4, -0.2) is 56.0 Å². The van der Waals surface area contributed by atoms with Crippen molar-refractivity contribution in [3.8, 4) is 5.95 Å². The fourth-order valence-corrected chi connectivity index (χ4v) is 1.56. The molecule has 2 aromatic rings. The Bertz CT molecular complexity index is 582. The minimum absolute atomic E-state index is 0.0836. The fourth-order valence-electron chi connectivity index (χ4n) is 1.56. The van der Waals surface area contributed by atoms with Crippen LogP contribution in [-0.2, 0) is 0 Å². The van der Waals surface area contributed by atoms with Crippen molar-refractivity contribution in [2.24, 2.45) is 0 Å². The highest BCUT2D eigenvalue weighted by Crippen LogP contribution is 2.20. The first-order chi connectivity index (χ1) is 9.93. The molecule has 1 N–H and O–H groups in total. The maximum Gasteiger partial charge on any atom is 0.406 e. The second kappa shape index (κ2) is 5.89. The Morgan fingerprint density at radius 3 is 2.57 bits per heavy atom. The summed E-state index contributed by atoms with van der Waals surface area (Å²) in [7, 11) is 1.56. The molecule has 0 aliphatic carbocycles. The molecule has 0 aliphatic rings. The summed E-state index contributed by atoms with van der Waals surface area (Å²) >= 11 is 0. The van der Waals surface area contributed by atoms with Gasteiger partial charge in [-0.15, -0.1) is 0 Å². The summed E-state index contributed by atoms with van der Waals surface area (Å²) in [4.78, 5) is 16.7. The van der Waals surface area contributed by atoms with Gasteiger partial charge in [-0.2, -0.15) is 37.9 Å². The lowest BCUT2D eigenvalue weighted by Gasteiger charge is -2.22. The van der Waals surface area contributed by atoms with Crippen LogP contribution in [0.1, 0.15) is 6.92 Å². The summed E-state index contributed by atoms with van der Waals surface area (Å²) in [5.74, 6) is 0.147. The number of aromatic nitrogens is 6. The van der Waals surface area contributed by atoms with Crippen LogP contribution < -0.4 is 10.2 Å². The van der Waals surface area contributed by atoms with Crippen LogP contribution in [0.2, 0.25) is 0 Å². The van der Waals surface area contributed by atoms with Crippen molar-refractivity contribution in [3.05, 3.63) is 12.7 Å². The van der Waals surface area contributed by atoms with E-state index < -0.39 is 12.7 Å². The van der Waals surface area contributed by atoms with Gasteiger partial charge in [0.2, 0.25) is 11.9 Å². The number of halogens is 3. The molecule has 2 heterocycles. The normalized spacial score (nSPS) is 11.5. The Kier molecular flexibility index (Phi) is 4.19. The van der Waals surface area contributed by atoms with Gasteiger partial charge in [-0.3, -0.25) is 0 Å². The molecule has 0 bridgehead atoms. The Morgan fingerprint density at radius 2 is 2.05 bits per heavy atom. The number of alkyl halides is 3. The van der Waals surface area contributed by atoms with Crippen molar-refractivity contribution in [3.63, 3.8) is 0 Å². The number of nitrogens with zero attached hydrogens (tertiary/aromatic N) is 7. The van der Waals surface area contributed by atoms with Gasteiger partial charge in [0.05, 0.1) is 0 Å². The Balaban J connectivity index is 2.40. The van der Waals surface area contributed by atoms with Crippen LogP contribution in [0, 0.1) is 0 Å². The number of hydrogen-bond acceptors (Lipinski definition) is 7. The van der Waals surface area contributed by atoms with E-state index in [1.54, 1.807) is 14.0 Å². The summed E-state index contributed by atoms with van der Waals surface area (Å²) in [6, 6.07) is 0. The lowest BCUT2D eigenvalue weighted by Crippen LogP contribution is -2.35. The van der Waals surface area contributed by atoms with E-state index in [9.17, 15) is 13.2 Å². The molecule has 8 nitrogen and oxygen atoms in total. The highest BCUT2D eigenvalue weighted by Gasteiger charge is 2.31. The third kappa shape index (κ3) is 3.77. The van der Waals surface area contributed by atoms with E-state index >= 15 is 0 Å². The average Bonchev–Trinajstić information content (AvgIpc) is 2.97. The Labute approximate surface area is 118 Å². The molecule has 0 aliphatic heterocycles. The van der Waals surface area contributed by atoms with E-state index in [2.05, 4.69) is 30.4 Å². The van der Waals surface area contributed by atoms with E-state index in [0.29, 0.717) is 0 Å². The van der Waals surface area contributed by atoms with Crippen molar-refractivity contribution in [2.45, 2.75) is 13.1 Å². The van der Waals surface area contributed by atoms with Gasteiger partial charge in [0, 0.05) is 13.6 Å². The second-order valence-corrected chi connectivity index (χ2v) is 3.98. The largest absolute Gasteiger partial charge is 0.406 e. The standard InChI is InChI=1S/C10H13F3N8/c1-3-20(4-10(11,12)13)8-17-7(14-2)18-9(19-8)21-6-15-5-16-21/h5-6H,3-4H2,1-2H3,(H,14,17,18,19). The first-order valence-electron chi connectivity index (χ1n) is 6.03. The van der Waals surface area contributed by atoms with Gasteiger partial charge in [0.1, 0.15) is 19.2 Å². The van der Waals surface area contributed by atoms with Crippen molar-refractivity contribution in [1.82, 2.24) is 29.7 Å². The van der Waals surface area contributed by atoms with Gasteiger partial charge in [-0.25, -0.2) is 4.98 Å². The van der Waals surface area contributed by atoms with E-state index in [1.165, 1.54) is 17.3 Å². The smallest absolute Gasteiger partial charge is 0.357 e. The molecule has 0 saturated carbocycles. The van der Waals surface area contributed by atoms with Crippen molar-refractivity contribution in [2.75, 3.05) is 30.4 Å². The van der Waals surface area contributed by atoms with Crippen LogP contribution >= 0.6 is 0 Å². The monoisotopic (exact) mass is 302 g/mol. The predicted molar refractivity (Wildman–Crippen MR) is 68.2 cm³/mol. The zero-order chi connectivity index (χ0) is 15.5.